The van der Waals surface area contributed by atoms with Gasteiger partial charge in [-0.25, -0.2) is 0 Å². The Morgan fingerprint density at radius 1 is 0.613 bits per heavy atom. The van der Waals surface area contributed by atoms with E-state index in [0.717, 1.165) is 38.5 Å². The van der Waals surface area contributed by atoms with Gasteiger partial charge in [0.2, 0.25) is 0 Å². The number of hydrogen-bond donors (Lipinski definition) is 0. The fourth-order valence-electron chi connectivity index (χ4n) is 3.60. The van der Waals surface area contributed by atoms with E-state index >= 15 is 0 Å². The molecule has 0 rings (SSSR count). The highest BCUT2D eigenvalue weighted by Crippen LogP contribution is 2.14. The normalized spacial score (nSPS) is 12.0. The van der Waals surface area contributed by atoms with E-state index in [2.05, 4.69) is 13.8 Å². The first kappa shape index (κ1) is 29.9. The minimum atomic E-state index is -0.221. The predicted octanol–water partition coefficient (Wildman–Crippen LogP) is 7.01. The molecule has 0 aromatic heterocycles. The first-order chi connectivity index (χ1) is 15.1. The number of ether oxygens (including phenoxy) is 3. The lowest BCUT2D eigenvalue weighted by Gasteiger charge is -2.16. The van der Waals surface area contributed by atoms with E-state index in [1.807, 2.05) is 0 Å². The number of esters is 2. The Morgan fingerprint density at radius 2 is 1.16 bits per heavy atom. The summed E-state index contributed by atoms with van der Waals surface area (Å²) in [5.74, 6) is -0.0686. The summed E-state index contributed by atoms with van der Waals surface area (Å²) < 4.78 is 15.8. The molecule has 0 bridgehead atoms. The highest BCUT2D eigenvalue weighted by atomic mass is 16.5. The summed E-state index contributed by atoms with van der Waals surface area (Å²) in [6, 6.07) is 0. The molecule has 0 aromatic rings. The molecule has 0 fully saturated rings. The molecule has 0 aliphatic carbocycles. The molecule has 184 valence electrons. The average Bonchev–Trinajstić information content (AvgIpc) is 2.77. The van der Waals surface area contributed by atoms with Gasteiger partial charge in [-0.1, -0.05) is 84.5 Å². The van der Waals surface area contributed by atoms with Gasteiger partial charge in [0.25, 0.3) is 0 Å². The van der Waals surface area contributed by atoms with E-state index in [4.69, 9.17) is 14.2 Å². The molecular formula is C26H50O5. The van der Waals surface area contributed by atoms with Crippen molar-refractivity contribution in [3.63, 3.8) is 0 Å². The van der Waals surface area contributed by atoms with Crippen molar-refractivity contribution in [3.8, 4) is 0 Å². The number of hydrogen-bond acceptors (Lipinski definition) is 5. The van der Waals surface area contributed by atoms with Gasteiger partial charge in [0.1, 0.15) is 0 Å². The highest BCUT2D eigenvalue weighted by Gasteiger charge is 2.12. The molecule has 0 spiro atoms. The monoisotopic (exact) mass is 442 g/mol. The molecule has 1 unspecified atom stereocenters. The molecule has 5 heteroatoms. The minimum Gasteiger partial charge on any atom is -0.466 e. The Labute approximate surface area is 192 Å². The van der Waals surface area contributed by atoms with Gasteiger partial charge in [-0.2, -0.15) is 0 Å². The molecule has 0 aromatic carbocycles. The van der Waals surface area contributed by atoms with Gasteiger partial charge in [-0.15, -0.1) is 0 Å². The van der Waals surface area contributed by atoms with Crippen LogP contribution in [0.4, 0.5) is 0 Å². The third-order valence-electron chi connectivity index (χ3n) is 5.70. The fraction of sp³-hybridized carbons (Fsp3) is 0.923. The van der Waals surface area contributed by atoms with Crippen LogP contribution in [0, 0.1) is 5.92 Å². The third-order valence-corrected chi connectivity index (χ3v) is 5.70. The number of unbranched alkanes of at least 4 members (excludes halogenated alkanes) is 10. The molecular weight excluding hydrogens is 392 g/mol. The zero-order valence-electron chi connectivity index (χ0n) is 20.8. The summed E-state index contributed by atoms with van der Waals surface area (Å²) in [6.07, 6.45) is 17.9. The van der Waals surface area contributed by atoms with Crippen LogP contribution in [-0.2, 0) is 23.8 Å². The van der Waals surface area contributed by atoms with E-state index in [0.29, 0.717) is 32.2 Å². The van der Waals surface area contributed by atoms with E-state index < -0.39 is 0 Å². The molecule has 0 saturated carbocycles. The molecule has 0 aliphatic heterocycles. The van der Waals surface area contributed by atoms with Crippen LogP contribution >= 0.6 is 0 Å². The van der Waals surface area contributed by atoms with Crippen molar-refractivity contribution in [1.29, 1.82) is 0 Å². The summed E-state index contributed by atoms with van der Waals surface area (Å²) in [4.78, 5) is 23.7. The van der Waals surface area contributed by atoms with Gasteiger partial charge in [-0.3, -0.25) is 9.59 Å². The van der Waals surface area contributed by atoms with Crippen LogP contribution in [0.15, 0.2) is 0 Å². The van der Waals surface area contributed by atoms with Crippen LogP contribution in [-0.4, -0.2) is 38.9 Å². The van der Waals surface area contributed by atoms with E-state index in [1.165, 1.54) is 51.4 Å². The van der Waals surface area contributed by atoms with Crippen molar-refractivity contribution in [2.45, 2.75) is 123 Å². The van der Waals surface area contributed by atoms with E-state index in [1.54, 1.807) is 7.11 Å². The Kier molecular flexibility index (Phi) is 22.7. The zero-order chi connectivity index (χ0) is 23.0. The molecule has 0 saturated heterocycles. The molecule has 0 amide bonds. The molecule has 1 atom stereocenters. The molecule has 5 nitrogen and oxygen atoms in total. The van der Waals surface area contributed by atoms with Crippen molar-refractivity contribution in [3.05, 3.63) is 0 Å². The molecule has 0 radical (unpaired) electrons. The van der Waals surface area contributed by atoms with Gasteiger partial charge in [0.05, 0.1) is 13.2 Å². The van der Waals surface area contributed by atoms with Crippen molar-refractivity contribution < 1.29 is 23.8 Å². The van der Waals surface area contributed by atoms with Gasteiger partial charge in [-0.05, 0) is 31.6 Å². The number of carbonyl (C=O) groups is 2. The average molecular weight is 443 g/mol. The molecule has 0 N–H and O–H groups in total. The van der Waals surface area contributed by atoms with Crippen LogP contribution in [0.1, 0.15) is 123 Å². The summed E-state index contributed by atoms with van der Waals surface area (Å²) in [7, 11) is 1.69. The lowest BCUT2D eigenvalue weighted by molar-refractivity contribution is -0.146. The Bertz CT molecular complexity index is 403. The minimum absolute atomic E-state index is 0.204. The highest BCUT2D eigenvalue weighted by molar-refractivity contribution is 5.72. The van der Waals surface area contributed by atoms with Gasteiger partial charge in [0, 0.05) is 26.6 Å². The fourth-order valence-corrected chi connectivity index (χ4v) is 3.60. The Balaban J connectivity index is 3.57. The van der Waals surface area contributed by atoms with Crippen LogP contribution in [0.25, 0.3) is 0 Å². The predicted molar refractivity (Wildman–Crippen MR) is 127 cm³/mol. The standard InChI is InChI=1S/C26H50O5/c1-4-6-8-9-10-11-12-13-14-15-21-30-25(27)18-16-19-26(28)31-23-24(17-7-5-2)20-22-29-3/h24H,4-23H2,1-3H3. The quantitative estimate of drug-likeness (QED) is 0.126. The van der Waals surface area contributed by atoms with Gasteiger partial charge >= 0.3 is 11.9 Å². The maximum absolute atomic E-state index is 11.9. The Hall–Kier alpha value is -1.10. The van der Waals surface area contributed by atoms with Crippen molar-refractivity contribution >= 4 is 11.9 Å². The largest absolute Gasteiger partial charge is 0.466 e. The van der Waals surface area contributed by atoms with E-state index in [9.17, 15) is 9.59 Å². The van der Waals surface area contributed by atoms with Crippen LogP contribution in [0.2, 0.25) is 0 Å². The third kappa shape index (κ3) is 21.9. The lowest BCUT2D eigenvalue weighted by Crippen LogP contribution is -2.16. The van der Waals surface area contributed by atoms with Crippen molar-refractivity contribution in [2.75, 3.05) is 26.9 Å². The second-order valence-electron chi connectivity index (χ2n) is 8.73. The summed E-state index contributed by atoms with van der Waals surface area (Å²) >= 11 is 0. The van der Waals surface area contributed by atoms with Gasteiger partial charge < -0.3 is 14.2 Å². The van der Waals surface area contributed by atoms with Crippen LogP contribution < -0.4 is 0 Å². The van der Waals surface area contributed by atoms with Crippen LogP contribution in [0.5, 0.6) is 0 Å². The van der Waals surface area contributed by atoms with Crippen molar-refractivity contribution in [1.82, 2.24) is 0 Å². The summed E-state index contributed by atoms with van der Waals surface area (Å²) in [5.41, 5.74) is 0. The second-order valence-corrected chi connectivity index (χ2v) is 8.73. The first-order valence-electron chi connectivity index (χ1n) is 12.9. The summed E-state index contributed by atoms with van der Waals surface area (Å²) in [6.45, 7) is 6.05. The second kappa shape index (κ2) is 23.6. The van der Waals surface area contributed by atoms with Gasteiger partial charge in [0.15, 0.2) is 0 Å². The number of carbonyl (C=O) groups excluding carboxylic acids is 2. The molecule has 31 heavy (non-hydrogen) atoms. The zero-order valence-corrected chi connectivity index (χ0v) is 20.8. The lowest BCUT2D eigenvalue weighted by atomic mass is 10.00. The van der Waals surface area contributed by atoms with Crippen molar-refractivity contribution in [2.24, 2.45) is 5.92 Å². The molecule has 0 heterocycles. The number of rotatable bonds is 23. The number of methoxy groups -OCH3 is 1. The maximum Gasteiger partial charge on any atom is 0.305 e. The first-order valence-corrected chi connectivity index (χ1v) is 12.9. The maximum atomic E-state index is 11.9. The Morgan fingerprint density at radius 3 is 1.74 bits per heavy atom. The van der Waals surface area contributed by atoms with E-state index in [-0.39, 0.29) is 24.8 Å². The topological polar surface area (TPSA) is 61.8 Å². The molecule has 0 aliphatic rings. The smallest absolute Gasteiger partial charge is 0.305 e. The SMILES string of the molecule is CCCCCCCCCCCCOC(=O)CCCC(=O)OCC(CCCC)CCOC. The summed E-state index contributed by atoms with van der Waals surface area (Å²) in [5, 5.41) is 0. The van der Waals surface area contributed by atoms with Crippen LogP contribution in [0.3, 0.4) is 0 Å².